The van der Waals surface area contributed by atoms with E-state index in [-0.39, 0.29) is 12.2 Å². The van der Waals surface area contributed by atoms with Crippen molar-refractivity contribution in [3.63, 3.8) is 0 Å². The van der Waals surface area contributed by atoms with E-state index >= 15 is 0 Å². The first-order chi connectivity index (χ1) is 9.74. The molecule has 0 aromatic heterocycles. The zero-order valence-electron chi connectivity index (χ0n) is 10.7. The van der Waals surface area contributed by atoms with E-state index in [4.69, 9.17) is 51.1 Å². The monoisotopic (exact) mass is 373 g/mol. The zero-order valence-corrected chi connectivity index (χ0v) is 13.8. The standard InChI is InChI=1S/C12H11Cl4NO4/c1-2-20-11(19)17-10(12(14,15)16)21-9(18)7-3-5-8(13)6-4-7/h3-6,10H,2H2,1H3,(H,17,19)/t10-/m1/s1. The number of carbonyl (C=O) groups is 2. The van der Waals surface area contributed by atoms with Crippen molar-refractivity contribution in [1.82, 2.24) is 5.32 Å². The number of benzene rings is 1. The third kappa shape index (κ3) is 6.18. The van der Waals surface area contributed by atoms with Gasteiger partial charge in [0.2, 0.25) is 10.0 Å². The number of carbonyl (C=O) groups excluding carboxylic acids is 2. The Morgan fingerprint density at radius 2 is 1.81 bits per heavy atom. The number of ether oxygens (including phenoxy) is 2. The molecule has 0 aliphatic carbocycles. The fourth-order valence-corrected chi connectivity index (χ4v) is 1.64. The second-order valence-corrected chi connectivity index (χ2v) is 6.50. The first-order valence-electron chi connectivity index (χ1n) is 5.70. The molecule has 1 aromatic carbocycles. The van der Waals surface area contributed by atoms with E-state index in [2.05, 4.69) is 10.1 Å². The topological polar surface area (TPSA) is 64.6 Å². The molecule has 0 bridgehead atoms. The van der Waals surface area contributed by atoms with E-state index in [1.165, 1.54) is 24.3 Å². The van der Waals surface area contributed by atoms with E-state index in [9.17, 15) is 9.59 Å². The van der Waals surface area contributed by atoms with Crippen molar-refractivity contribution in [2.75, 3.05) is 6.61 Å². The number of hydrogen-bond acceptors (Lipinski definition) is 4. The molecule has 1 atom stereocenters. The Morgan fingerprint density at radius 3 is 2.29 bits per heavy atom. The molecule has 0 fully saturated rings. The van der Waals surface area contributed by atoms with Crippen LogP contribution in [0.1, 0.15) is 17.3 Å². The summed E-state index contributed by atoms with van der Waals surface area (Å²) >= 11 is 22.7. The van der Waals surface area contributed by atoms with Crippen LogP contribution >= 0.6 is 46.4 Å². The number of alkyl halides is 3. The Morgan fingerprint density at radius 1 is 1.24 bits per heavy atom. The van der Waals surface area contributed by atoms with Gasteiger partial charge < -0.3 is 9.47 Å². The molecule has 0 heterocycles. The summed E-state index contributed by atoms with van der Waals surface area (Å²) in [7, 11) is 0. The SMILES string of the molecule is CCOC(=O)N[C@H](OC(=O)c1ccc(Cl)cc1)C(Cl)(Cl)Cl. The van der Waals surface area contributed by atoms with E-state index in [0.717, 1.165) is 0 Å². The second-order valence-electron chi connectivity index (χ2n) is 3.70. The third-order valence-electron chi connectivity index (χ3n) is 2.13. The molecular weight excluding hydrogens is 364 g/mol. The number of nitrogens with one attached hydrogen (secondary N) is 1. The van der Waals surface area contributed by atoms with Crippen molar-refractivity contribution in [3.8, 4) is 0 Å². The minimum Gasteiger partial charge on any atom is -0.450 e. The van der Waals surface area contributed by atoms with Gasteiger partial charge in [0.1, 0.15) is 0 Å². The van der Waals surface area contributed by atoms with Crippen LogP contribution in [0.15, 0.2) is 24.3 Å². The Balaban J connectivity index is 2.79. The lowest BCUT2D eigenvalue weighted by Gasteiger charge is -2.24. The molecule has 5 nitrogen and oxygen atoms in total. The number of halogens is 4. The summed E-state index contributed by atoms with van der Waals surface area (Å²) in [5.41, 5.74) is 0.185. The maximum absolute atomic E-state index is 11.9. The summed E-state index contributed by atoms with van der Waals surface area (Å²) in [6.45, 7) is 1.72. The minimum absolute atomic E-state index is 0.115. The van der Waals surface area contributed by atoms with Crippen LogP contribution in [0.25, 0.3) is 0 Å². The van der Waals surface area contributed by atoms with Gasteiger partial charge in [0, 0.05) is 5.02 Å². The molecule has 1 amide bonds. The molecule has 21 heavy (non-hydrogen) atoms. The van der Waals surface area contributed by atoms with Crippen LogP contribution in [0.3, 0.4) is 0 Å². The Kier molecular flexibility index (Phi) is 6.87. The van der Waals surface area contributed by atoms with Gasteiger partial charge in [0.25, 0.3) is 0 Å². The number of amides is 1. The molecule has 0 saturated carbocycles. The lowest BCUT2D eigenvalue weighted by atomic mass is 10.2. The van der Waals surface area contributed by atoms with E-state index in [1.807, 2.05) is 0 Å². The van der Waals surface area contributed by atoms with Crippen LogP contribution in [0.5, 0.6) is 0 Å². The molecule has 0 radical (unpaired) electrons. The van der Waals surface area contributed by atoms with Gasteiger partial charge in [-0.25, -0.2) is 9.59 Å². The molecule has 0 spiro atoms. The fourth-order valence-electron chi connectivity index (χ4n) is 1.22. The molecule has 116 valence electrons. The highest BCUT2D eigenvalue weighted by Gasteiger charge is 2.38. The minimum atomic E-state index is -2.06. The van der Waals surface area contributed by atoms with Gasteiger partial charge in [0.15, 0.2) is 0 Å². The molecule has 1 N–H and O–H groups in total. The quantitative estimate of drug-likeness (QED) is 0.492. The summed E-state index contributed by atoms with van der Waals surface area (Å²) in [5, 5.41) is 2.60. The van der Waals surface area contributed by atoms with Crippen molar-refractivity contribution in [2.24, 2.45) is 0 Å². The maximum Gasteiger partial charge on any atom is 0.410 e. The fraction of sp³-hybridized carbons (Fsp3) is 0.333. The molecule has 0 aliphatic heterocycles. The average Bonchev–Trinajstić information content (AvgIpc) is 2.37. The van der Waals surface area contributed by atoms with Crippen molar-refractivity contribution in [3.05, 3.63) is 34.9 Å². The molecule has 0 saturated heterocycles. The lowest BCUT2D eigenvalue weighted by molar-refractivity contribution is 0.0219. The smallest absolute Gasteiger partial charge is 0.410 e. The van der Waals surface area contributed by atoms with Gasteiger partial charge in [-0.15, -0.1) is 0 Å². The summed E-state index contributed by atoms with van der Waals surface area (Å²) in [6, 6.07) is 5.87. The van der Waals surface area contributed by atoms with Crippen LogP contribution in [0.4, 0.5) is 4.79 Å². The molecule has 0 unspecified atom stereocenters. The molecular formula is C12H11Cl4NO4. The van der Waals surface area contributed by atoms with Gasteiger partial charge in [-0.05, 0) is 31.2 Å². The summed E-state index contributed by atoms with van der Waals surface area (Å²) in [6.07, 6.45) is -2.39. The number of esters is 1. The van der Waals surface area contributed by atoms with Gasteiger partial charge in [-0.3, -0.25) is 5.32 Å². The van der Waals surface area contributed by atoms with E-state index in [0.29, 0.717) is 5.02 Å². The predicted octanol–water partition coefficient (Wildman–Crippen LogP) is 3.94. The van der Waals surface area contributed by atoms with Crippen LogP contribution < -0.4 is 5.32 Å². The first kappa shape index (κ1) is 18.2. The van der Waals surface area contributed by atoms with Gasteiger partial charge >= 0.3 is 12.1 Å². The molecule has 1 aromatic rings. The Hall–Kier alpha value is -0.880. The van der Waals surface area contributed by atoms with Crippen molar-refractivity contribution >= 4 is 58.5 Å². The first-order valence-corrected chi connectivity index (χ1v) is 7.21. The number of hydrogen-bond donors (Lipinski definition) is 1. The molecule has 9 heteroatoms. The molecule has 1 rings (SSSR count). The molecule has 0 aliphatic rings. The van der Waals surface area contributed by atoms with Gasteiger partial charge in [-0.2, -0.15) is 0 Å². The number of alkyl carbamates (subject to hydrolysis) is 1. The highest BCUT2D eigenvalue weighted by molar-refractivity contribution is 6.68. The van der Waals surface area contributed by atoms with E-state index in [1.54, 1.807) is 6.92 Å². The average molecular weight is 375 g/mol. The Labute approximate surface area is 141 Å². The largest absolute Gasteiger partial charge is 0.450 e. The van der Waals surface area contributed by atoms with Crippen molar-refractivity contribution < 1.29 is 19.1 Å². The lowest BCUT2D eigenvalue weighted by Crippen LogP contribution is -2.47. The van der Waals surface area contributed by atoms with Crippen molar-refractivity contribution in [2.45, 2.75) is 16.9 Å². The zero-order chi connectivity index (χ0) is 16.0. The maximum atomic E-state index is 11.9. The third-order valence-corrected chi connectivity index (χ3v) is 2.97. The van der Waals surface area contributed by atoms with Gasteiger partial charge in [0.05, 0.1) is 12.2 Å². The normalized spacial score (nSPS) is 12.4. The van der Waals surface area contributed by atoms with E-state index < -0.39 is 22.1 Å². The predicted molar refractivity (Wildman–Crippen MR) is 81.1 cm³/mol. The van der Waals surface area contributed by atoms with Crippen molar-refractivity contribution in [1.29, 1.82) is 0 Å². The Bertz CT molecular complexity index is 501. The summed E-state index contributed by atoms with van der Waals surface area (Å²) in [4.78, 5) is 23.3. The highest BCUT2D eigenvalue weighted by atomic mass is 35.6. The number of rotatable bonds is 4. The van der Waals surface area contributed by atoms with Crippen LogP contribution in [0, 0.1) is 0 Å². The van der Waals surface area contributed by atoms with Crippen LogP contribution in [-0.4, -0.2) is 28.7 Å². The van der Waals surface area contributed by atoms with Crippen LogP contribution in [-0.2, 0) is 9.47 Å². The summed E-state index contributed by atoms with van der Waals surface area (Å²) < 4.78 is 7.54. The second kappa shape index (κ2) is 7.94. The summed E-state index contributed by atoms with van der Waals surface area (Å²) in [5.74, 6) is -0.792. The highest BCUT2D eigenvalue weighted by Crippen LogP contribution is 2.31. The van der Waals surface area contributed by atoms with Crippen LogP contribution in [0.2, 0.25) is 5.02 Å². The van der Waals surface area contributed by atoms with Gasteiger partial charge in [-0.1, -0.05) is 46.4 Å².